The average Bonchev–Trinajstić information content (AvgIpc) is 2.98. The molecule has 0 unspecified atom stereocenters. The molecular weight excluding hydrogens is 280 g/mol. The van der Waals surface area contributed by atoms with E-state index in [0.29, 0.717) is 5.75 Å². The summed E-state index contributed by atoms with van der Waals surface area (Å²) < 4.78 is 18.8. The maximum absolute atomic E-state index is 12.7. The monoisotopic (exact) mass is 300 g/mol. The molecule has 0 bridgehead atoms. The third-order valence-electron chi connectivity index (χ3n) is 4.05. The minimum absolute atomic E-state index is 0.392. The summed E-state index contributed by atoms with van der Waals surface area (Å²) in [5.74, 6) is 0.528. The molecule has 0 aromatic heterocycles. The Morgan fingerprint density at radius 2 is 1.81 bits per heavy atom. The molecule has 0 saturated carbocycles. The zero-order valence-corrected chi connectivity index (χ0v) is 13.1. The third-order valence-corrected chi connectivity index (χ3v) is 5.58. The third kappa shape index (κ3) is 3.09. The van der Waals surface area contributed by atoms with Gasteiger partial charge in [-0.2, -0.15) is 0 Å². The molecule has 3 rings (SSSR count). The van der Waals surface area contributed by atoms with E-state index < -0.39 is 16.4 Å². The molecule has 0 spiro atoms. The van der Waals surface area contributed by atoms with Crippen molar-refractivity contribution in [3.05, 3.63) is 65.7 Å². The van der Waals surface area contributed by atoms with Crippen LogP contribution in [0.2, 0.25) is 0 Å². The second kappa shape index (κ2) is 6.12. The summed E-state index contributed by atoms with van der Waals surface area (Å²) in [7, 11) is -1.05. The van der Waals surface area contributed by atoms with Gasteiger partial charge in [-0.15, -0.1) is 0 Å². The van der Waals surface area contributed by atoms with Crippen molar-refractivity contribution in [2.75, 3.05) is 12.4 Å². The van der Waals surface area contributed by atoms with Gasteiger partial charge in [0.2, 0.25) is 0 Å². The molecule has 0 aliphatic carbocycles. The van der Waals surface area contributed by atoms with E-state index in [2.05, 4.69) is 12.1 Å². The Morgan fingerprint density at radius 3 is 2.43 bits per heavy atom. The van der Waals surface area contributed by atoms with Crippen molar-refractivity contribution in [3.8, 4) is 0 Å². The molecule has 2 atom stereocenters. The maximum atomic E-state index is 12.7. The van der Waals surface area contributed by atoms with E-state index in [4.69, 9.17) is 4.74 Å². The van der Waals surface area contributed by atoms with Gasteiger partial charge in [0.05, 0.1) is 16.6 Å². The minimum Gasteiger partial charge on any atom is -0.369 e. The summed E-state index contributed by atoms with van der Waals surface area (Å²) >= 11 is 0. The number of aryl methyl sites for hydroxylation is 1. The van der Waals surface area contributed by atoms with Gasteiger partial charge in [0.15, 0.2) is 0 Å². The summed E-state index contributed by atoms with van der Waals surface area (Å²) in [6.07, 6.45) is 1.97. The molecule has 2 aromatic rings. The largest absolute Gasteiger partial charge is 0.369 e. The molecule has 1 aliphatic heterocycles. The van der Waals surface area contributed by atoms with Crippen LogP contribution in [0, 0.1) is 6.92 Å². The topological polar surface area (TPSA) is 26.3 Å². The van der Waals surface area contributed by atoms with Crippen LogP contribution in [0.5, 0.6) is 0 Å². The van der Waals surface area contributed by atoms with Crippen LogP contribution >= 0.6 is 0 Å². The van der Waals surface area contributed by atoms with Gasteiger partial charge in [0, 0.05) is 11.5 Å². The van der Waals surface area contributed by atoms with Crippen molar-refractivity contribution in [1.29, 1.82) is 0 Å². The van der Waals surface area contributed by atoms with E-state index in [1.54, 1.807) is 0 Å². The number of hydrogen-bond donors (Lipinski definition) is 0. The van der Waals surface area contributed by atoms with Crippen LogP contribution in [-0.4, -0.2) is 16.6 Å². The van der Waals surface area contributed by atoms with Crippen molar-refractivity contribution < 1.29 is 8.95 Å². The zero-order chi connectivity index (χ0) is 14.7. The highest BCUT2D eigenvalue weighted by Crippen LogP contribution is 2.37. The predicted molar refractivity (Wildman–Crippen MR) is 85.8 cm³/mol. The number of rotatable bonds is 4. The van der Waals surface area contributed by atoms with Crippen LogP contribution in [-0.2, 0) is 21.1 Å². The molecular formula is C18H20O2S. The zero-order valence-electron chi connectivity index (χ0n) is 12.2. The first kappa shape index (κ1) is 14.5. The Kier molecular flexibility index (Phi) is 4.22. The van der Waals surface area contributed by atoms with E-state index in [9.17, 15) is 4.21 Å². The van der Waals surface area contributed by atoms with Crippen molar-refractivity contribution in [2.24, 2.45) is 0 Å². The standard InChI is InChI=1S/C18H20O2S/c1-15-8-10-17(11-9-15)21(19)14-18(12-5-13-20-18)16-6-3-2-4-7-16/h2-4,6-11H,5,12-14H2,1H3/t18-,21-/m1/s1. The number of ether oxygens (including phenoxy) is 1. The fraction of sp³-hybridized carbons (Fsp3) is 0.333. The van der Waals surface area contributed by atoms with Gasteiger partial charge in [-0.25, -0.2) is 0 Å². The first-order valence-electron chi connectivity index (χ1n) is 7.34. The lowest BCUT2D eigenvalue weighted by atomic mass is 9.93. The molecule has 3 heteroatoms. The average molecular weight is 300 g/mol. The fourth-order valence-corrected chi connectivity index (χ4v) is 4.27. The maximum Gasteiger partial charge on any atom is 0.105 e. The van der Waals surface area contributed by atoms with E-state index in [-0.39, 0.29) is 0 Å². The lowest BCUT2D eigenvalue weighted by Crippen LogP contribution is -2.31. The number of benzene rings is 2. The molecule has 0 N–H and O–H groups in total. The second-order valence-electron chi connectivity index (χ2n) is 5.62. The van der Waals surface area contributed by atoms with Crippen LogP contribution in [0.3, 0.4) is 0 Å². The highest BCUT2D eigenvalue weighted by molar-refractivity contribution is 7.85. The van der Waals surface area contributed by atoms with Crippen molar-refractivity contribution >= 4 is 10.8 Å². The smallest absolute Gasteiger partial charge is 0.105 e. The predicted octanol–water partition coefficient (Wildman–Crippen LogP) is 3.81. The lowest BCUT2D eigenvalue weighted by Gasteiger charge is -2.28. The van der Waals surface area contributed by atoms with Gasteiger partial charge in [0.25, 0.3) is 0 Å². The Bertz CT molecular complexity index is 613. The Morgan fingerprint density at radius 1 is 1.10 bits per heavy atom. The first-order chi connectivity index (χ1) is 10.2. The molecule has 2 aromatic carbocycles. The summed E-state index contributed by atoms with van der Waals surface area (Å²) in [4.78, 5) is 0.881. The Balaban J connectivity index is 1.86. The molecule has 2 nitrogen and oxygen atoms in total. The highest BCUT2D eigenvalue weighted by Gasteiger charge is 2.38. The summed E-state index contributed by atoms with van der Waals surface area (Å²) in [5, 5.41) is 0. The molecule has 21 heavy (non-hydrogen) atoms. The molecule has 0 radical (unpaired) electrons. The summed E-state index contributed by atoms with van der Waals surface area (Å²) in [6, 6.07) is 18.1. The molecule has 1 saturated heterocycles. The van der Waals surface area contributed by atoms with Crippen molar-refractivity contribution in [1.82, 2.24) is 0 Å². The molecule has 1 aliphatic rings. The second-order valence-corrected chi connectivity index (χ2v) is 7.07. The van der Waals surface area contributed by atoms with Crippen molar-refractivity contribution in [2.45, 2.75) is 30.3 Å². The molecule has 1 heterocycles. The van der Waals surface area contributed by atoms with Crippen LogP contribution < -0.4 is 0 Å². The van der Waals surface area contributed by atoms with Gasteiger partial charge in [-0.1, -0.05) is 48.0 Å². The van der Waals surface area contributed by atoms with Crippen LogP contribution in [0.15, 0.2) is 59.5 Å². The van der Waals surface area contributed by atoms with Crippen molar-refractivity contribution in [3.63, 3.8) is 0 Å². The normalized spacial score (nSPS) is 23.1. The van der Waals surface area contributed by atoms with Gasteiger partial charge >= 0.3 is 0 Å². The summed E-state index contributed by atoms with van der Waals surface area (Å²) in [6.45, 7) is 2.79. The molecule has 1 fully saturated rings. The fourth-order valence-electron chi connectivity index (χ4n) is 2.85. The lowest BCUT2D eigenvalue weighted by molar-refractivity contribution is 0.0204. The Labute approximate surface area is 128 Å². The van der Waals surface area contributed by atoms with Gasteiger partial charge in [-0.05, 0) is 37.5 Å². The van der Waals surface area contributed by atoms with Crippen LogP contribution in [0.1, 0.15) is 24.0 Å². The van der Waals surface area contributed by atoms with E-state index in [0.717, 1.165) is 29.9 Å². The van der Waals surface area contributed by atoms with E-state index in [1.165, 1.54) is 5.56 Å². The quantitative estimate of drug-likeness (QED) is 0.858. The Hall–Kier alpha value is -1.45. The molecule has 110 valence electrons. The van der Waals surface area contributed by atoms with E-state index >= 15 is 0 Å². The SMILES string of the molecule is Cc1ccc([S@](=O)C[C@@]2(c3ccccc3)CCCO2)cc1. The van der Waals surface area contributed by atoms with Crippen LogP contribution in [0.25, 0.3) is 0 Å². The molecule has 0 amide bonds. The van der Waals surface area contributed by atoms with Gasteiger partial charge in [-0.3, -0.25) is 4.21 Å². The van der Waals surface area contributed by atoms with E-state index in [1.807, 2.05) is 49.4 Å². The minimum atomic E-state index is -1.05. The van der Waals surface area contributed by atoms with Gasteiger partial charge < -0.3 is 4.74 Å². The van der Waals surface area contributed by atoms with Crippen LogP contribution in [0.4, 0.5) is 0 Å². The number of hydrogen-bond acceptors (Lipinski definition) is 2. The first-order valence-corrected chi connectivity index (χ1v) is 8.66. The summed E-state index contributed by atoms with van der Waals surface area (Å²) in [5.41, 5.74) is 1.94. The van der Waals surface area contributed by atoms with Gasteiger partial charge in [0.1, 0.15) is 5.60 Å². The highest BCUT2D eigenvalue weighted by atomic mass is 32.2.